The molecule has 0 bridgehead atoms. The predicted octanol–water partition coefficient (Wildman–Crippen LogP) is 3.32. The second-order valence-corrected chi connectivity index (χ2v) is 8.13. The van der Waals surface area contributed by atoms with E-state index >= 15 is 0 Å². The summed E-state index contributed by atoms with van der Waals surface area (Å²) >= 11 is 5.97. The first-order chi connectivity index (χ1) is 15.4. The molecule has 1 atom stereocenters. The standard InChI is InChI=1S/C24H23ClN2O5/c1-3-12-26-18-7-5-4-6-17(18)24(23(26)31)19(20(28)15-8-10-16(25)11-9-15)21(29)22(30)27(24)13-14-32-2/h4-11,28H,3,12-14H2,1-2H3/t24-/m1/s1. The van der Waals surface area contributed by atoms with Gasteiger partial charge in [0.2, 0.25) is 0 Å². The quantitative estimate of drug-likeness (QED) is 0.411. The van der Waals surface area contributed by atoms with E-state index in [0.717, 1.165) is 0 Å². The van der Waals surface area contributed by atoms with Crippen LogP contribution in [0.15, 0.2) is 54.1 Å². The van der Waals surface area contributed by atoms with Gasteiger partial charge in [0, 0.05) is 36.3 Å². The lowest BCUT2D eigenvalue weighted by molar-refractivity contribution is -0.144. The molecule has 4 rings (SSSR count). The molecule has 1 fully saturated rings. The highest BCUT2D eigenvalue weighted by Gasteiger charge is 2.66. The summed E-state index contributed by atoms with van der Waals surface area (Å²) in [6, 6.07) is 13.3. The number of halogens is 1. The van der Waals surface area contributed by atoms with Crippen molar-refractivity contribution in [2.75, 3.05) is 31.7 Å². The van der Waals surface area contributed by atoms with Crippen LogP contribution in [-0.2, 0) is 24.7 Å². The maximum Gasteiger partial charge on any atom is 0.296 e. The Bertz CT molecular complexity index is 1130. The Balaban J connectivity index is 2.05. The Morgan fingerprint density at radius 2 is 1.75 bits per heavy atom. The topological polar surface area (TPSA) is 87.2 Å². The molecule has 166 valence electrons. The van der Waals surface area contributed by atoms with Crippen LogP contribution in [0.1, 0.15) is 24.5 Å². The summed E-state index contributed by atoms with van der Waals surface area (Å²) in [5.74, 6) is -2.61. The molecule has 2 amide bonds. The minimum absolute atomic E-state index is 0.0124. The first-order valence-corrected chi connectivity index (χ1v) is 10.7. The highest BCUT2D eigenvalue weighted by molar-refractivity contribution is 6.50. The van der Waals surface area contributed by atoms with Gasteiger partial charge < -0.3 is 19.6 Å². The number of likely N-dealkylation sites (tertiary alicyclic amines) is 1. The van der Waals surface area contributed by atoms with Crippen LogP contribution in [0.5, 0.6) is 0 Å². The molecule has 1 spiro atoms. The Morgan fingerprint density at radius 1 is 1.06 bits per heavy atom. The number of ketones is 1. The van der Waals surface area contributed by atoms with E-state index in [4.69, 9.17) is 16.3 Å². The van der Waals surface area contributed by atoms with Gasteiger partial charge in [-0.15, -0.1) is 0 Å². The van der Waals surface area contributed by atoms with Crippen LogP contribution in [0.25, 0.3) is 5.76 Å². The molecule has 0 aliphatic carbocycles. The van der Waals surface area contributed by atoms with Gasteiger partial charge in [-0.1, -0.05) is 36.7 Å². The molecule has 8 heteroatoms. The van der Waals surface area contributed by atoms with Crippen LogP contribution < -0.4 is 4.90 Å². The maximum absolute atomic E-state index is 14.0. The van der Waals surface area contributed by atoms with Crippen molar-refractivity contribution in [2.45, 2.75) is 18.9 Å². The Kier molecular flexibility index (Phi) is 5.79. The van der Waals surface area contributed by atoms with Crippen molar-refractivity contribution in [3.05, 3.63) is 70.3 Å². The molecule has 0 aromatic heterocycles. The van der Waals surface area contributed by atoms with Gasteiger partial charge in [-0.25, -0.2) is 0 Å². The molecule has 1 N–H and O–H groups in total. The van der Waals surface area contributed by atoms with Crippen LogP contribution >= 0.6 is 11.6 Å². The number of carbonyl (C=O) groups is 3. The zero-order valence-corrected chi connectivity index (χ0v) is 18.6. The molecule has 2 aromatic carbocycles. The third-order valence-corrected chi connectivity index (χ3v) is 6.15. The number of aliphatic hydroxyl groups excluding tert-OH is 1. The molecular weight excluding hydrogens is 432 g/mol. The number of methoxy groups -OCH3 is 1. The first-order valence-electron chi connectivity index (χ1n) is 10.4. The SMILES string of the molecule is CCCN1C(=O)[C@]2(C(=C(O)c3ccc(Cl)cc3)C(=O)C(=O)N2CCOC)c2ccccc21. The average molecular weight is 455 g/mol. The molecule has 0 unspecified atom stereocenters. The number of amides is 2. The van der Waals surface area contributed by atoms with Gasteiger partial charge in [0.15, 0.2) is 5.54 Å². The normalized spacial score (nSPS) is 21.7. The number of para-hydroxylation sites is 1. The third-order valence-electron chi connectivity index (χ3n) is 5.89. The molecule has 2 heterocycles. The molecule has 0 saturated carbocycles. The summed E-state index contributed by atoms with van der Waals surface area (Å²) in [7, 11) is 1.48. The number of hydrogen-bond donors (Lipinski definition) is 1. The third kappa shape index (κ3) is 3.04. The maximum atomic E-state index is 14.0. The van der Waals surface area contributed by atoms with E-state index in [1.807, 2.05) is 6.92 Å². The number of anilines is 1. The summed E-state index contributed by atoms with van der Waals surface area (Å²) in [5, 5.41) is 11.7. The number of hydrogen-bond acceptors (Lipinski definition) is 5. The number of rotatable bonds is 6. The van der Waals surface area contributed by atoms with Gasteiger partial charge in [0.25, 0.3) is 17.6 Å². The first kappa shape index (κ1) is 22.0. The molecule has 2 aliphatic rings. The van der Waals surface area contributed by atoms with Crippen molar-refractivity contribution >= 4 is 40.6 Å². The van der Waals surface area contributed by atoms with Crippen LogP contribution in [-0.4, -0.2) is 54.4 Å². The van der Waals surface area contributed by atoms with Crippen LogP contribution in [0.2, 0.25) is 5.02 Å². The number of benzene rings is 2. The lowest BCUT2D eigenvalue weighted by Crippen LogP contribution is -2.52. The van der Waals surface area contributed by atoms with Crippen molar-refractivity contribution in [2.24, 2.45) is 0 Å². The van der Waals surface area contributed by atoms with Crippen LogP contribution in [0.3, 0.4) is 0 Å². The second kappa shape index (κ2) is 8.41. The monoisotopic (exact) mass is 454 g/mol. The fourth-order valence-electron chi connectivity index (χ4n) is 4.55. The summed E-state index contributed by atoms with van der Waals surface area (Å²) < 4.78 is 5.16. The molecular formula is C24H23ClN2O5. The van der Waals surface area contributed by atoms with Gasteiger partial charge in [0.1, 0.15) is 5.76 Å². The number of carbonyl (C=O) groups excluding carboxylic acids is 3. The van der Waals surface area contributed by atoms with E-state index in [-0.39, 0.29) is 24.3 Å². The number of Topliss-reactive ketones (excluding diaryl/α,β-unsaturated/α-hetero) is 1. The zero-order chi connectivity index (χ0) is 23.0. The number of aliphatic hydroxyl groups is 1. The van der Waals surface area contributed by atoms with Crippen molar-refractivity contribution < 1.29 is 24.2 Å². The van der Waals surface area contributed by atoms with Gasteiger partial charge in [-0.2, -0.15) is 0 Å². The smallest absolute Gasteiger partial charge is 0.296 e. The molecule has 2 aromatic rings. The molecule has 32 heavy (non-hydrogen) atoms. The summed E-state index contributed by atoms with van der Waals surface area (Å²) in [6.45, 7) is 2.49. The van der Waals surface area contributed by atoms with E-state index < -0.39 is 28.9 Å². The Labute approximate surface area is 190 Å². The minimum Gasteiger partial charge on any atom is -0.507 e. The fraction of sp³-hybridized carbons (Fsp3) is 0.292. The number of fused-ring (bicyclic) bond motifs is 2. The molecule has 7 nitrogen and oxygen atoms in total. The number of ether oxygens (including phenoxy) is 1. The minimum atomic E-state index is -1.76. The highest BCUT2D eigenvalue weighted by Crippen LogP contribution is 2.53. The Hall–Kier alpha value is -3.16. The van der Waals surface area contributed by atoms with Gasteiger partial charge in [-0.05, 0) is 36.8 Å². The van der Waals surface area contributed by atoms with Crippen molar-refractivity contribution in [3.8, 4) is 0 Å². The van der Waals surface area contributed by atoms with Crippen molar-refractivity contribution in [3.63, 3.8) is 0 Å². The summed E-state index contributed by atoms with van der Waals surface area (Å²) in [6.07, 6.45) is 0.679. The predicted molar refractivity (Wildman–Crippen MR) is 120 cm³/mol. The zero-order valence-electron chi connectivity index (χ0n) is 17.8. The largest absolute Gasteiger partial charge is 0.507 e. The van der Waals surface area contributed by atoms with E-state index in [9.17, 15) is 19.5 Å². The summed E-state index contributed by atoms with van der Waals surface area (Å²) in [5.41, 5.74) is -0.605. The van der Waals surface area contributed by atoms with E-state index in [1.54, 1.807) is 53.4 Å². The highest BCUT2D eigenvalue weighted by atomic mass is 35.5. The fourth-order valence-corrected chi connectivity index (χ4v) is 4.67. The van der Waals surface area contributed by atoms with Crippen LogP contribution in [0.4, 0.5) is 5.69 Å². The van der Waals surface area contributed by atoms with Gasteiger partial charge in [-0.3, -0.25) is 14.4 Å². The van der Waals surface area contributed by atoms with Crippen molar-refractivity contribution in [1.82, 2.24) is 4.90 Å². The van der Waals surface area contributed by atoms with E-state index in [0.29, 0.717) is 29.2 Å². The van der Waals surface area contributed by atoms with E-state index in [2.05, 4.69) is 0 Å². The van der Waals surface area contributed by atoms with Crippen LogP contribution in [0, 0.1) is 0 Å². The van der Waals surface area contributed by atoms with Gasteiger partial charge in [0.05, 0.1) is 17.9 Å². The lowest BCUT2D eigenvalue weighted by Gasteiger charge is -2.34. The lowest BCUT2D eigenvalue weighted by atomic mass is 9.82. The summed E-state index contributed by atoms with van der Waals surface area (Å²) in [4.78, 5) is 43.3. The molecule has 0 radical (unpaired) electrons. The number of nitrogens with zero attached hydrogens (tertiary/aromatic N) is 2. The van der Waals surface area contributed by atoms with Crippen molar-refractivity contribution in [1.29, 1.82) is 0 Å². The van der Waals surface area contributed by atoms with Gasteiger partial charge >= 0.3 is 0 Å². The second-order valence-electron chi connectivity index (χ2n) is 7.69. The molecule has 1 saturated heterocycles. The average Bonchev–Trinajstić information content (AvgIpc) is 3.17. The Morgan fingerprint density at radius 3 is 2.41 bits per heavy atom. The van der Waals surface area contributed by atoms with E-state index in [1.165, 1.54) is 12.0 Å². The molecule has 2 aliphatic heterocycles.